The van der Waals surface area contributed by atoms with Crippen molar-refractivity contribution in [1.82, 2.24) is 0 Å². The van der Waals surface area contributed by atoms with Crippen molar-refractivity contribution < 1.29 is 14.4 Å². The van der Waals surface area contributed by atoms with Gasteiger partial charge in [0.05, 0.1) is 17.3 Å². The number of benzene rings is 4. The molecule has 0 heterocycles. The fraction of sp³-hybridized carbons (Fsp3) is 0.0741. The first-order chi connectivity index (χ1) is 15.6. The summed E-state index contributed by atoms with van der Waals surface area (Å²) in [6.07, 6.45) is 1.04. The molecule has 5 nitrogen and oxygen atoms in total. The van der Waals surface area contributed by atoms with Gasteiger partial charge in [-0.05, 0) is 40.6 Å². The first-order valence-electron chi connectivity index (χ1n) is 10.3. The van der Waals surface area contributed by atoms with E-state index in [9.17, 15) is 14.4 Å². The maximum Gasteiger partial charge on any atom is 0.258 e. The fourth-order valence-corrected chi connectivity index (χ4v) is 3.85. The molecular weight excluding hydrogens is 400 g/mol. The number of nitrogens with two attached hydrogens (primary N) is 1. The van der Waals surface area contributed by atoms with E-state index in [2.05, 4.69) is 0 Å². The Morgan fingerprint density at radius 2 is 1.47 bits per heavy atom. The predicted molar refractivity (Wildman–Crippen MR) is 126 cm³/mol. The van der Waals surface area contributed by atoms with Gasteiger partial charge in [0, 0.05) is 12.0 Å². The normalized spacial score (nSPS) is 11.6. The average Bonchev–Trinajstić information content (AvgIpc) is 2.84. The lowest BCUT2D eigenvalue weighted by molar-refractivity contribution is -0.108. The van der Waals surface area contributed by atoms with Crippen LogP contribution in [0.2, 0.25) is 0 Å². The molecule has 0 radical (unpaired) electrons. The lowest BCUT2D eigenvalue weighted by Gasteiger charge is -2.30. The number of anilines is 1. The van der Waals surface area contributed by atoms with Crippen molar-refractivity contribution >= 4 is 34.6 Å². The maximum atomic E-state index is 13.8. The van der Waals surface area contributed by atoms with E-state index in [-0.39, 0.29) is 11.5 Å². The van der Waals surface area contributed by atoms with Gasteiger partial charge < -0.3 is 10.5 Å². The van der Waals surface area contributed by atoms with Crippen molar-refractivity contribution in [3.8, 4) is 0 Å². The zero-order valence-electron chi connectivity index (χ0n) is 17.3. The highest BCUT2D eigenvalue weighted by molar-refractivity contribution is 6.13. The Hall–Kier alpha value is -4.25. The van der Waals surface area contributed by atoms with Crippen LogP contribution >= 0.6 is 0 Å². The van der Waals surface area contributed by atoms with Gasteiger partial charge in [0.25, 0.3) is 11.8 Å². The van der Waals surface area contributed by atoms with Crippen LogP contribution in [0.3, 0.4) is 0 Å². The Morgan fingerprint density at radius 3 is 2.19 bits per heavy atom. The third kappa shape index (κ3) is 4.27. The second-order valence-corrected chi connectivity index (χ2v) is 7.51. The Kier molecular flexibility index (Phi) is 6.08. The summed E-state index contributed by atoms with van der Waals surface area (Å²) in [6, 6.07) is 28.3. The molecule has 0 unspecified atom stereocenters. The number of hydrogen-bond acceptors (Lipinski definition) is 3. The molecule has 2 amide bonds. The Labute approximate surface area is 186 Å². The van der Waals surface area contributed by atoms with E-state index in [4.69, 9.17) is 5.73 Å². The van der Waals surface area contributed by atoms with Gasteiger partial charge in [0.15, 0.2) is 0 Å². The third-order valence-electron chi connectivity index (χ3n) is 5.42. The van der Waals surface area contributed by atoms with Crippen molar-refractivity contribution in [1.29, 1.82) is 0 Å². The summed E-state index contributed by atoms with van der Waals surface area (Å²) in [5.74, 6) is -1.04. The highest BCUT2D eigenvalue weighted by Gasteiger charge is 2.29. The van der Waals surface area contributed by atoms with Crippen LogP contribution in [-0.2, 0) is 11.2 Å². The number of carbonyl (C=O) groups is 3. The smallest absolute Gasteiger partial charge is 0.258 e. The SMILES string of the molecule is NC(=O)c1ccccc1N(C(=O)c1ccc2ccccc2c1)[C@H](C=O)Cc1ccccc1. The molecule has 0 bridgehead atoms. The number of para-hydroxylation sites is 1. The molecule has 5 heteroatoms. The predicted octanol–water partition coefficient (Wildman–Crippen LogP) is 4.40. The summed E-state index contributed by atoms with van der Waals surface area (Å²) < 4.78 is 0. The van der Waals surface area contributed by atoms with Gasteiger partial charge in [-0.25, -0.2) is 0 Å². The number of fused-ring (bicyclic) bond motifs is 1. The number of primary amides is 1. The van der Waals surface area contributed by atoms with Crippen molar-refractivity contribution in [3.63, 3.8) is 0 Å². The van der Waals surface area contributed by atoms with E-state index in [0.29, 0.717) is 17.7 Å². The van der Waals surface area contributed by atoms with Crippen molar-refractivity contribution in [2.45, 2.75) is 12.5 Å². The van der Waals surface area contributed by atoms with E-state index in [1.807, 2.05) is 60.7 Å². The van der Waals surface area contributed by atoms with Gasteiger partial charge >= 0.3 is 0 Å². The van der Waals surface area contributed by atoms with Crippen LogP contribution in [0.5, 0.6) is 0 Å². The largest absolute Gasteiger partial charge is 0.366 e. The summed E-state index contributed by atoms with van der Waals surface area (Å²) in [5, 5.41) is 1.91. The van der Waals surface area contributed by atoms with Gasteiger partial charge in [0.2, 0.25) is 0 Å². The molecule has 0 saturated heterocycles. The molecule has 0 aliphatic carbocycles. The minimum Gasteiger partial charge on any atom is -0.366 e. The third-order valence-corrected chi connectivity index (χ3v) is 5.42. The van der Waals surface area contributed by atoms with Crippen LogP contribution in [0.1, 0.15) is 26.3 Å². The molecule has 0 spiro atoms. The van der Waals surface area contributed by atoms with E-state index in [1.54, 1.807) is 36.4 Å². The molecule has 4 aromatic carbocycles. The lowest BCUT2D eigenvalue weighted by atomic mass is 10.0. The number of rotatable bonds is 7. The second-order valence-electron chi connectivity index (χ2n) is 7.51. The molecule has 2 N–H and O–H groups in total. The quantitative estimate of drug-likeness (QED) is 0.449. The molecule has 0 aromatic heterocycles. The molecule has 4 rings (SSSR count). The molecule has 4 aromatic rings. The average molecular weight is 422 g/mol. The summed E-state index contributed by atoms with van der Waals surface area (Å²) in [4.78, 5) is 39.5. The zero-order valence-corrected chi connectivity index (χ0v) is 17.3. The first-order valence-corrected chi connectivity index (χ1v) is 10.3. The molecular formula is C27H22N2O3. The van der Waals surface area contributed by atoms with E-state index in [1.165, 1.54) is 4.90 Å². The first kappa shape index (κ1) is 21.0. The van der Waals surface area contributed by atoms with E-state index >= 15 is 0 Å². The molecule has 0 aliphatic rings. The number of carbonyl (C=O) groups excluding carboxylic acids is 3. The molecule has 1 atom stereocenters. The van der Waals surface area contributed by atoms with Crippen molar-refractivity contribution in [2.24, 2.45) is 5.73 Å². The zero-order chi connectivity index (χ0) is 22.5. The minimum atomic E-state index is -0.822. The number of aldehydes is 1. The van der Waals surface area contributed by atoms with Crippen LogP contribution in [0, 0.1) is 0 Å². The van der Waals surface area contributed by atoms with Crippen LogP contribution < -0.4 is 10.6 Å². The van der Waals surface area contributed by atoms with Gasteiger partial charge in [-0.15, -0.1) is 0 Å². The highest BCUT2D eigenvalue weighted by Crippen LogP contribution is 2.27. The lowest BCUT2D eigenvalue weighted by Crippen LogP contribution is -2.44. The number of amides is 2. The molecule has 0 fully saturated rings. The van der Waals surface area contributed by atoms with Gasteiger partial charge in [-0.1, -0.05) is 72.8 Å². The second kappa shape index (κ2) is 9.27. The molecule has 0 saturated carbocycles. The summed E-state index contributed by atoms with van der Waals surface area (Å²) in [7, 11) is 0. The Balaban J connectivity index is 1.83. The van der Waals surface area contributed by atoms with E-state index in [0.717, 1.165) is 22.6 Å². The van der Waals surface area contributed by atoms with Gasteiger partial charge in [0.1, 0.15) is 6.29 Å². The topological polar surface area (TPSA) is 80.5 Å². The summed E-state index contributed by atoms with van der Waals surface area (Å²) in [5.41, 5.74) is 7.41. The summed E-state index contributed by atoms with van der Waals surface area (Å²) >= 11 is 0. The van der Waals surface area contributed by atoms with Crippen LogP contribution in [-0.4, -0.2) is 24.1 Å². The summed E-state index contributed by atoms with van der Waals surface area (Å²) in [6.45, 7) is 0. The van der Waals surface area contributed by atoms with Gasteiger partial charge in [-0.2, -0.15) is 0 Å². The van der Waals surface area contributed by atoms with E-state index < -0.39 is 11.9 Å². The minimum absolute atomic E-state index is 0.182. The molecule has 158 valence electrons. The van der Waals surface area contributed by atoms with Crippen LogP contribution in [0.25, 0.3) is 10.8 Å². The van der Waals surface area contributed by atoms with Gasteiger partial charge in [-0.3, -0.25) is 14.5 Å². The van der Waals surface area contributed by atoms with Crippen molar-refractivity contribution in [2.75, 3.05) is 4.90 Å². The Morgan fingerprint density at radius 1 is 0.812 bits per heavy atom. The van der Waals surface area contributed by atoms with Crippen LogP contribution in [0.15, 0.2) is 97.1 Å². The fourth-order valence-electron chi connectivity index (χ4n) is 3.85. The Bertz CT molecular complexity index is 1280. The molecule has 32 heavy (non-hydrogen) atoms. The van der Waals surface area contributed by atoms with Crippen LogP contribution in [0.4, 0.5) is 5.69 Å². The molecule has 0 aliphatic heterocycles. The number of nitrogens with zero attached hydrogens (tertiary/aromatic N) is 1. The maximum absolute atomic E-state index is 13.8. The monoisotopic (exact) mass is 422 g/mol. The standard InChI is InChI=1S/C27H22N2O3/c28-26(31)24-12-6-7-13-25(24)29(23(18-30)16-19-8-2-1-3-9-19)27(32)22-15-14-20-10-4-5-11-21(20)17-22/h1-15,17-18,23H,16H2,(H2,28,31)/t23-/m0/s1. The van der Waals surface area contributed by atoms with Crippen molar-refractivity contribution in [3.05, 3.63) is 114 Å². The number of hydrogen-bond donors (Lipinski definition) is 1. The highest BCUT2D eigenvalue weighted by atomic mass is 16.2.